The molecule has 3 fully saturated rings. The van der Waals surface area contributed by atoms with E-state index in [4.69, 9.17) is 0 Å². The number of amides is 2. The van der Waals surface area contributed by atoms with Crippen molar-refractivity contribution in [2.45, 2.75) is 37.8 Å². The third-order valence-corrected chi connectivity index (χ3v) is 7.24. The van der Waals surface area contributed by atoms with E-state index < -0.39 is 11.5 Å². The van der Waals surface area contributed by atoms with Gasteiger partial charge in [-0.05, 0) is 35.4 Å². The van der Waals surface area contributed by atoms with Crippen molar-refractivity contribution in [2.75, 3.05) is 18.4 Å². The van der Waals surface area contributed by atoms with Gasteiger partial charge in [0, 0.05) is 18.7 Å². The predicted molar refractivity (Wildman–Crippen MR) is 102 cm³/mol. The minimum Gasteiger partial charge on any atom is -0.325 e. The molecule has 1 aromatic carbocycles. The van der Waals surface area contributed by atoms with Gasteiger partial charge >= 0.3 is 0 Å². The van der Waals surface area contributed by atoms with Crippen LogP contribution in [0.2, 0.25) is 0 Å². The van der Waals surface area contributed by atoms with Gasteiger partial charge in [-0.1, -0.05) is 32.0 Å². The monoisotopic (exact) mass is 386 g/mol. The van der Waals surface area contributed by atoms with Gasteiger partial charge in [0.15, 0.2) is 0 Å². The number of para-hydroxylation sites is 1. The highest BCUT2D eigenvalue weighted by Gasteiger charge is 2.67. The average molecular weight is 387 g/mol. The lowest BCUT2D eigenvalue weighted by Gasteiger charge is -2.27. The normalized spacial score (nSPS) is 37.2. The minimum atomic E-state index is -0.802. The molecule has 2 saturated heterocycles. The summed E-state index contributed by atoms with van der Waals surface area (Å²) in [4.78, 5) is 27.7. The zero-order valence-corrected chi connectivity index (χ0v) is 16.2. The molecular weight excluding hydrogens is 364 g/mol. The number of anilines is 1. The summed E-state index contributed by atoms with van der Waals surface area (Å²) in [6.45, 7) is 5.55. The van der Waals surface area contributed by atoms with Crippen LogP contribution in [-0.2, 0) is 15.0 Å². The number of likely N-dealkylation sites (tertiary alicyclic amines) is 1. The van der Waals surface area contributed by atoms with Gasteiger partial charge in [0.05, 0.1) is 17.5 Å². The molecule has 6 nitrogen and oxygen atoms in total. The molecule has 1 spiro atoms. The summed E-state index contributed by atoms with van der Waals surface area (Å²) in [5.74, 6) is 0.738. The van der Waals surface area contributed by atoms with Gasteiger partial charge in [-0.15, -0.1) is 12.4 Å². The van der Waals surface area contributed by atoms with Crippen LogP contribution in [0.3, 0.4) is 0 Å². The number of nitrogens with one attached hydrogen (secondary N) is 2. The Bertz CT molecular complexity index is 879. The molecule has 1 aromatic rings. The number of fused-ring (bicyclic) bond motifs is 3. The summed E-state index contributed by atoms with van der Waals surface area (Å²) in [6.07, 6.45) is 0.363. The molecule has 2 amide bonds. The molecule has 5 rings (SSSR count). The molecule has 3 heterocycles. The van der Waals surface area contributed by atoms with Crippen LogP contribution < -0.4 is 10.6 Å². The van der Waals surface area contributed by atoms with E-state index in [1.54, 1.807) is 4.90 Å². The van der Waals surface area contributed by atoms with Crippen LogP contribution in [0.1, 0.15) is 25.8 Å². The predicted octanol–water partition coefficient (Wildman–Crippen LogP) is 1.67. The van der Waals surface area contributed by atoms with E-state index in [-0.39, 0.29) is 42.2 Å². The lowest BCUT2D eigenvalue weighted by molar-refractivity contribution is -0.134. The van der Waals surface area contributed by atoms with Crippen LogP contribution in [0.25, 0.3) is 0 Å². The molecule has 3 aliphatic heterocycles. The summed E-state index contributed by atoms with van der Waals surface area (Å²) in [5, 5.41) is 16.0. The summed E-state index contributed by atoms with van der Waals surface area (Å²) < 4.78 is 0. The Kier molecular flexibility index (Phi) is 3.86. The number of rotatable bonds is 1. The summed E-state index contributed by atoms with van der Waals surface area (Å²) in [6, 6.07) is 9.07. The minimum absolute atomic E-state index is 0. The second-order valence-corrected chi connectivity index (χ2v) is 8.74. The van der Waals surface area contributed by atoms with E-state index in [1.807, 2.05) is 24.3 Å². The largest absolute Gasteiger partial charge is 0.325 e. The van der Waals surface area contributed by atoms with Crippen LogP contribution in [0, 0.1) is 28.6 Å². The molecule has 7 heteroatoms. The van der Waals surface area contributed by atoms with Crippen molar-refractivity contribution in [3.63, 3.8) is 0 Å². The van der Waals surface area contributed by atoms with E-state index in [1.165, 1.54) is 0 Å². The van der Waals surface area contributed by atoms with Crippen molar-refractivity contribution in [3.8, 4) is 6.07 Å². The average Bonchev–Trinajstić information content (AvgIpc) is 3.09. The van der Waals surface area contributed by atoms with Crippen molar-refractivity contribution >= 4 is 29.9 Å². The number of piperidine rings is 1. The third kappa shape index (κ3) is 2.22. The topological polar surface area (TPSA) is 85.2 Å². The van der Waals surface area contributed by atoms with Crippen molar-refractivity contribution < 1.29 is 9.59 Å². The highest BCUT2D eigenvalue weighted by molar-refractivity contribution is 6.07. The fourth-order valence-electron chi connectivity index (χ4n) is 5.62. The Balaban J connectivity index is 0.00000180. The van der Waals surface area contributed by atoms with Crippen molar-refractivity contribution in [1.82, 2.24) is 10.2 Å². The summed E-state index contributed by atoms with van der Waals surface area (Å²) in [7, 11) is 0. The highest BCUT2D eigenvalue weighted by atomic mass is 35.5. The van der Waals surface area contributed by atoms with Gasteiger partial charge in [0.2, 0.25) is 11.8 Å². The second kappa shape index (κ2) is 5.70. The fraction of sp³-hybridized carbons (Fsp3) is 0.550. The van der Waals surface area contributed by atoms with Crippen LogP contribution >= 0.6 is 12.4 Å². The molecule has 0 radical (unpaired) electrons. The molecule has 142 valence electrons. The zero-order valence-electron chi connectivity index (χ0n) is 15.4. The van der Waals surface area contributed by atoms with E-state index in [0.29, 0.717) is 18.3 Å². The first-order valence-corrected chi connectivity index (χ1v) is 9.24. The number of nitriles is 1. The Morgan fingerprint density at radius 2 is 2.07 bits per heavy atom. The first kappa shape index (κ1) is 18.3. The number of nitrogens with zero attached hydrogens (tertiary/aromatic N) is 2. The summed E-state index contributed by atoms with van der Waals surface area (Å²) >= 11 is 0. The fourth-order valence-corrected chi connectivity index (χ4v) is 5.62. The van der Waals surface area contributed by atoms with Gasteiger partial charge in [-0.3, -0.25) is 9.59 Å². The molecule has 27 heavy (non-hydrogen) atoms. The molecule has 1 aliphatic carbocycles. The van der Waals surface area contributed by atoms with E-state index in [9.17, 15) is 14.9 Å². The van der Waals surface area contributed by atoms with Crippen LogP contribution in [0.15, 0.2) is 24.3 Å². The number of hydrogen-bond acceptors (Lipinski definition) is 4. The lowest BCUT2D eigenvalue weighted by atomic mass is 9.80. The van der Waals surface area contributed by atoms with E-state index >= 15 is 0 Å². The maximum absolute atomic E-state index is 13.3. The number of carbonyl (C=O) groups excluding carboxylic acids is 2. The zero-order chi connectivity index (χ0) is 18.3. The second-order valence-electron chi connectivity index (χ2n) is 8.74. The Labute approximate surface area is 164 Å². The maximum atomic E-state index is 13.3. The van der Waals surface area contributed by atoms with Crippen molar-refractivity contribution in [2.24, 2.45) is 17.3 Å². The highest BCUT2D eigenvalue weighted by Crippen LogP contribution is 2.62. The smallest absolute Gasteiger partial charge is 0.241 e. The Hall–Kier alpha value is -2.10. The standard InChI is InChI=1S/C20H22N4O2.ClH/c1-19(2)13-9-22-16(15(13)19)17(25)24-10-20(7-11(24)8-21)12-5-3-4-6-14(12)23-18(20)26;/h3-6,11,13,15-16,22H,7,9-10H2,1-2H3,(H,23,26);1H/t11-,13-,15-,16-,20-;/m0./s1. The molecule has 0 bridgehead atoms. The van der Waals surface area contributed by atoms with Crippen LogP contribution in [0.5, 0.6) is 0 Å². The Morgan fingerprint density at radius 3 is 2.74 bits per heavy atom. The van der Waals surface area contributed by atoms with E-state index in [0.717, 1.165) is 17.8 Å². The number of benzene rings is 1. The van der Waals surface area contributed by atoms with Gasteiger partial charge in [-0.25, -0.2) is 0 Å². The molecule has 2 N–H and O–H groups in total. The Morgan fingerprint density at radius 1 is 1.33 bits per heavy atom. The number of carbonyl (C=O) groups is 2. The number of hydrogen-bond donors (Lipinski definition) is 2. The third-order valence-electron chi connectivity index (χ3n) is 7.24. The van der Waals surface area contributed by atoms with Gasteiger partial charge in [-0.2, -0.15) is 5.26 Å². The van der Waals surface area contributed by atoms with Crippen molar-refractivity contribution in [3.05, 3.63) is 29.8 Å². The van der Waals surface area contributed by atoms with Gasteiger partial charge < -0.3 is 15.5 Å². The first-order chi connectivity index (χ1) is 12.4. The van der Waals surface area contributed by atoms with E-state index in [2.05, 4.69) is 30.6 Å². The molecule has 4 aliphatic rings. The molecule has 0 aromatic heterocycles. The quantitative estimate of drug-likeness (QED) is 0.768. The molecule has 0 unspecified atom stereocenters. The number of halogens is 1. The SMILES string of the molecule is CC1(C)[C@@H]2[C@@H](C(=O)N3C[C@]4(C[C@H]3C#N)C(=O)Nc3ccccc34)NC[C@@H]21.Cl. The lowest BCUT2D eigenvalue weighted by Crippen LogP contribution is -2.49. The van der Waals surface area contributed by atoms with Gasteiger partial charge in [0.1, 0.15) is 6.04 Å². The van der Waals surface area contributed by atoms with Gasteiger partial charge in [0.25, 0.3) is 0 Å². The summed E-state index contributed by atoms with van der Waals surface area (Å²) in [5.41, 5.74) is 1.09. The van der Waals surface area contributed by atoms with Crippen LogP contribution in [0.4, 0.5) is 5.69 Å². The molecular formula is C20H23ClN4O2. The van der Waals surface area contributed by atoms with Crippen molar-refractivity contribution in [1.29, 1.82) is 5.26 Å². The van der Waals surface area contributed by atoms with Crippen LogP contribution in [-0.4, -0.2) is 41.9 Å². The molecule has 5 atom stereocenters. The molecule has 1 saturated carbocycles. The maximum Gasteiger partial charge on any atom is 0.241 e. The first-order valence-electron chi connectivity index (χ1n) is 9.24.